The van der Waals surface area contributed by atoms with Gasteiger partial charge in [-0.05, 0) is 23.3 Å². The zero-order valence-corrected chi connectivity index (χ0v) is 18.4. The molecule has 0 saturated carbocycles. The summed E-state index contributed by atoms with van der Waals surface area (Å²) in [6, 6.07) is 18.0. The molecule has 152 valence electrons. The summed E-state index contributed by atoms with van der Waals surface area (Å²) in [5.41, 5.74) is 2.91. The van der Waals surface area contributed by atoms with E-state index < -0.39 is 0 Å². The summed E-state index contributed by atoms with van der Waals surface area (Å²) in [5, 5.41) is 8.88. The second-order valence-corrected chi connectivity index (χ2v) is 8.76. The summed E-state index contributed by atoms with van der Waals surface area (Å²) in [5.74, 6) is -0.228. The highest BCUT2D eigenvalue weighted by molar-refractivity contribution is 9.10. The average Bonchev–Trinajstić information content (AvgIpc) is 3.22. The molecule has 3 rings (SSSR count). The van der Waals surface area contributed by atoms with Crippen molar-refractivity contribution in [1.82, 2.24) is 10.3 Å². The number of hydrogen-bond donors (Lipinski definition) is 1. The Morgan fingerprint density at radius 3 is 2.45 bits per heavy atom. The van der Waals surface area contributed by atoms with Gasteiger partial charge in [0.1, 0.15) is 0 Å². The van der Waals surface area contributed by atoms with Crippen molar-refractivity contribution in [3.05, 3.63) is 70.2 Å². The number of nitrogens with zero attached hydrogens (tertiary/aromatic N) is 2. The fraction of sp³-hybridized carbons (Fsp3) is 0.348. The molecule has 2 aromatic carbocycles. The maximum Gasteiger partial charge on any atom is 0.243 e. The van der Waals surface area contributed by atoms with Crippen molar-refractivity contribution >= 4 is 33.5 Å². The van der Waals surface area contributed by atoms with Gasteiger partial charge >= 0.3 is 0 Å². The van der Waals surface area contributed by atoms with Crippen LogP contribution in [-0.4, -0.2) is 35.6 Å². The first-order chi connectivity index (χ1) is 13.8. The molecule has 0 aliphatic carbocycles. The monoisotopic (exact) mass is 455 g/mol. The SMILES string of the molecule is CC(C)(CNC(=O)CCC(=O)N1CCC(c2ccccc2)=N1)c1ccc(Br)cc1. The first kappa shape index (κ1) is 21.2. The normalized spacial score (nSPS) is 13.9. The molecule has 1 aliphatic rings. The molecular formula is C23H26BrN3O2. The molecule has 0 unspecified atom stereocenters. The van der Waals surface area contributed by atoms with Gasteiger partial charge in [-0.3, -0.25) is 9.59 Å². The highest BCUT2D eigenvalue weighted by atomic mass is 79.9. The average molecular weight is 456 g/mol. The Bertz CT molecular complexity index is 892. The van der Waals surface area contributed by atoms with Crippen LogP contribution in [0, 0.1) is 0 Å². The second kappa shape index (κ2) is 9.35. The Morgan fingerprint density at radius 2 is 1.76 bits per heavy atom. The molecule has 1 aliphatic heterocycles. The van der Waals surface area contributed by atoms with E-state index in [9.17, 15) is 9.59 Å². The van der Waals surface area contributed by atoms with Crippen molar-refractivity contribution in [3.63, 3.8) is 0 Å². The second-order valence-electron chi connectivity index (χ2n) is 7.85. The van der Waals surface area contributed by atoms with E-state index in [-0.39, 0.29) is 30.1 Å². The summed E-state index contributed by atoms with van der Waals surface area (Å²) in [6.45, 7) is 5.26. The highest BCUT2D eigenvalue weighted by Gasteiger charge is 2.24. The molecule has 0 spiro atoms. The van der Waals surface area contributed by atoms with Crippen LogP contribution in [0.2, 0.25) is 0 Å². The topological polar surface area (TPSA) is 61.8 Å². The number of hydrazone groups is 1. The lowest BCUT2D eigenvalue weighted by Gasteiger charge is -2.25. The lowest BCUT2D eigenvalue weighted by Crippen LogP contribution is -2.37. The zero-order valence-electron chi connectivity index (χ0n) is 16.8. The first-order valence-corrected chi connectivity index (χ1v) is 10.6. The molecule has 1 N–H and O–H groups in total. The van der Waals surface area contributed by atoms with Gasteiger partial charge in [-0.25, -0.2) is 5.01 Å². The number of amides is 2. The van der Waals surface area contributed by atoms with Crippen molar-refractivity contribution in [3.8, 4) is 0 Å². The van der Waals surface area contributed by atoms with Crippen molar-refractivity contribution < 1.29 is 9.59 Å². The first-order valence-electron chi connectivity index (χ1n) is 9.81. The smallest absolute Gasteiger partial charge is 0.243 e. The van der Waals surface area contributed by atoms with Crippen LogP contribution in [0.1, 0.15) is 44.2 Å². The number of rotatable bonds is 7. The number of nitrogens with one attached hydrogen (secondary N) is 1. The standard InChI is InChI=1S/C23H26BrN3O2/c1-23(2,18-8-10-19(24)11-9-18)16-25-21(28)12-13-22(29)27-15-14-20(26-27)17-6-4-3-5-7-17/h3-11H,12-16H2,1-2H3,(H,25,28). The minimum absolute atomic E-state index is 0.113. The predicted molar refractivity (Wildman–Crippen MR) is 119 cm³/mol. The van der Waals surface area contributed by atoms with Gasteiger partial charge in [0, 0.05) is 35.7 Å². The molecule has 6 heteroatoms. The van der Waals surface area contributed by atoms with E-state index in [4.69, 9.17) is 0 Å². The third kappa shape index (κ3) is 5.76. The number of halogens is 1. The summed E-state index contributed by atoms with van der Waals surface area (Å²) in [4.78, 5) is 24.7. The maximum atomic E-state index is 12.4. The van der Waals surface area contributed by atoms with E-state index in [0.29, 0.717) is 13.1 Å². The lowest BCUT2D eigenvalue weighted by molar-refractivity contribution is -0.133. The maximum absolute atomic E-state index is 12.4. The van der Waals surface area contributed by atoms with Crippen LogP contribution in [0.25, 0.3) is 0 Å². The van der Waals surface area contributed by atoms with Crippen LogP contribution in [0.3, 0.4) is 0 Å². The lowest BCUT2D eigenvalue weighted by atomic mass is 9.84. The van der Waals surface area contributed by atoms with Gasteiger partial charge in [0.15, 0.2) is 0 Å². The molecular weight excluding hydrogens is 430 g/mol. The molecule has 2 amide bonds. The molecule has 0 radical (unpaired) electrons. The van der Waals surface area contributed by atoms with E-state index in [1.165, 1.54) is 5.01 Å². The third-order valence-electron chi connectivity index (χ3n) is 5.12. The molecule has 29 heavy (non-hydrogen) atoms. The van der Waals surface area contributed by atoms with Gasteiger partial charge in [0.25, 0.3) is 0 Å². The molecule has 0 atom stereocenters. The van der Waals surface area contributed by atoms with Crippen molar-refractivity contribution in [2.24, 2.45) is 5.10 Å². The van der Waals surface area contributed by atoms with Crippen LogP contribution in [0.4, 0.5) is 0 Å². The van der Waals surface area contributed by atoms with E-state index in [1.54, 1.807) is 0 Å². The molecule has 0 saturated heterocycles. The van der Waals surface area contributed by atoms with Gasteiger partial charge in [-0.1, -0.05) is 72.2 Å². The number of hydrogen-bond acceptors (Lipinski definition) is 3. The Hall–Kier alpha value is -2.47. The molecule has 0 aromatic heterocycles. The van der Waals surface area contributed by atoms with Gasteiger partial charge in [-0.15, -0.1) is 0 Å². The van der Waals surface area contributed by atoms with Gasteiger partial charge < -0.3 is 5.32 Å². The van der Waals surface area contributed by atoms with Crippen molar-refractivity contribution in [2.75, 3.05) is 13.1 Å². The molecule has 0 bridgehead atoms. The summed E-state index contributed by atoms with van der Waals surface area (Å²) < 4.78 is 1.03. The Kier molecular flexibility index (Phi) is 6.85. The largest absolute Gasteiger partial charge is 0.355 e. The number of carbonyl (C=O) groups is 2. The summed E-state index contributed by atoms with van der Waals surface area (Å²) in [6.07, 6.45) is 1.07. The van der Waals surface area contributed by atoms with Gasteiger partial charge in [-0.2, -0.15) is 5.10 Å². The molecule has 5 nitrogen and oxygen atoms in total. The van der Waals surface area contributed by atoms with Crippen molar-refractivity contribution in [1.29, 1.82) is 0 Å². The fourth-order valence-corrected chi connectivity index (χ4v) is 3.50. The van der Waals surface area contributed by atoms with Crippen LogP contribution in [0.15, 0.2) is 64.2 Å². The Balaban J connectivity index is 1.46. The number of carbonyl (C=O) groups excluding carboxylic acids is 2. The Labute approximate surface area is 180 Å². The minimum atomic E-state index is -0.190. The van der Waals surface area contributed by atoms with Gasteiger partial charge in [0.05, 0.1) is 12.3 Å². The third-order valence-corrected chi connectivity index (χ3v) is 5.64. The Morgan fingerprint density at radius 1 is 1.07 bits per heavy atom. The molecule has 2 aromatic rings. The fourth-order valence-electron chi connectivity index (χ4n) is 3.23. The van der Waals surface area contributed by atoms with Crippen molar-refractivity contribution in [2.45, 2.75) is 38.5 Å². The minimum Gasteiger partial charge on any atom is -0.355 e. The highest BCUT2D eigenvalue weighted by Crippen LogP contribution is 2.24. The van der Waals surface area contributed by atoms with Crippen LogP contribution >= 0.6 is 15.9 Å². The molecule has 1 heterocycles. The quantitative estimate of drug-likeness (QED) is 0.677. The zero-order chi connectivity index (χ0) is 20.9. The number of benzene rings is 2. The van der Waals surface area contributed by atoms with Crippen LogP contribution in [-0.2, 0) is 15.0 Å². The summed E-state index contributed by atoms with van der Waals surface area (Å²) >= 11 is 3.44. The van der Waals surface area contributed by atoms with E-state index in [1.807, 2.05) is 42.5 Å². The van der Waals surface area contributed by atoms with E-state index in [0.717, 1.165) is 27.7 Å². The van der Waals surface area contributed by atoms with E-state index in [2.05, 4.69) is 52.3 Å². The molecule has 0 fully saturated rings. The van der Waals surface area contributed by atoms with E-state index >= 15 is 0 Å². The van der Waals surface area contributed by atoms with Crippen LogP contribution in [0.5, 0.6) is 0 Å². The van der Waals surface area contributed by atoms with Crippen LogP contribution < -0.4 is 5.32 Å². The summed E-state index contributed by atoms with van der Waals surface area (Å²) in [7, 11) is 0. The van der Waals surface area contributed by atoms with Gasteiger partial charge in [0.2, 0.25) is 11.8 Å². The predicted octanol–water partition coefficient (Wildman–Crippen LogP) is 4.26.